The van der Waals surface area contributed by atoms with E-state index in [0.29, 0.717) is 6.04 Å². The van der Waals surface area contributed by atoms with Gasteiger partial charge in [-0.2, -0.15) is 0 Å². The van der Waals surface area contributed by atoms with Crippen LogP contribution in [-0.4, -0.2) is 37.9 Å². The van der Waals surface area contributed by atoms with Gasteiger partial charge in [0.05, 0.1) is 0 Å². The maximum Gasteiger partial charge on any atom is 0.0436 e. The summed E-state index contributed by atoms with van der Waals surface area (Å²) < 4.78 is 0. The molecule has 0 aliphatic carbocycles. The van der Waals surface area contributed by atoms with Crippen LogP contribution in [0.25, 0.3) is 0 Å². The van der Waals surface area contributed by atoms with E-state index in [0.717, 1.165) is 25.9 Å². The molecule has 0 amide bonds. The van der Waals surface area contributed by atoms with E-state index < -0.39 is 0 Å². The monoisotopic (exact) mass is 202 g/mol. The molecule has 3 nitrogen and oxygen atoms in total. The summed E-state index contributed by atoms with van der Waals surface area (Å²) >= 11 is 0. The van der Waals surface area contributed by atoms with Crippen LogP contribution in [0.1, 0.15) is 33.6 Å². The predicted molar refractivity (Wildman–Crippen MR) is 61.5 cm³/mol. The van der Waals surface area contributed by atoms with Crippen LogP contribution < -0.4 is 10.6 Å². The van der Waals surface area contributed by atoms with Crippen molar-refractivity contribution in [3.63, 3.8) is 0 Å². The van der Waals surface area contributed by atoms with Crippen LogP contribution in [0.5, 0.6) is 0 Å². The Bertz CT molecular complexity index is 137. The third kappa shape index (κ3) is 7.30. The summed E-state index contributed by atoms with van der Waals surface area (Å²) in [6.45, 7) is 8.86. The second kappa shape index (κ2) is 7.21. The Morgan fingerprint density at radius 2 is 2.00 bits per heavy atom. The van der Waals surface area contributed by atoms with Crippen molar-refractivity contribution in [2.75, 3.05) is 26.7 Å². The summed E-state index contributed by atoms with van der Waals surface area (Å²) in [7, 11) is 1.97. The molecule has 0 radical (unpaired) electrons. The van der Waals surface area contributed by atoms with Gasteiger partial charge in [-0.15, -0.1) is 0 Å². The fourth-order valence-corrected chi connectivity index (χ4v) is 1.30. The summed E-state index contributed by atoms with van der Waals surface area (Å²) in [4.78, 5) is 0. The first kappa shape index (κ1) is 13.9. The summed E-state index contributed by atoms with van der Waals surface area (Å²) in [5, 5.41) is 15.5. The van der Waals surface area contributed by atoms with Crippen molar-refractivity contribution in [1.29, 1.82) is 0 Å². The Morgan fingerprint density at radius 1 is 1.36 bits per heavy atom. The molecular formula is C11H26N2O. The van der Waals surface area contributed by atoms with Gasteiger partial charge in [0.25, 0.3) is 0 Å². The Morgan fingerprint density at radius 3 is 2.50 bits per heavy atom. The van der Waals surface area contributed by atoms with Crippen molar-refractivity contribution >= 4 is 0 Å². The van der Waals surface area contributed by atoms with Gasteiger partial charge in [0, 0.05) is 19.2 Å². The average Bonchev–Trinajstić information content (AvgIpc) is 2.11. The van der Waals surface area contributed by atoms with Crippen molar-refractivity contribution in [2.24, 2.45) is 5.41 Å². The van der Waals surface area contributed by atoms with Gasteiger partial charge in [0.15, 0.2) is 0 Å². The molecule has 0 aliphatic rings. The normalized spacial score (nSPS) is 14.4. The lowest BCUT2D eigenvalue weighted by Gasteiger charge is -2.26. The minimum absolute atomic E-state index is 0.197. The zero-order valence-corrected chi connectivity index (χ0v) is 10.1. The molecule has 0 rings (SSSR count). The Kier molecular flexibility index (Phi) is 7.15. The van der Waals surface area contributed by atoms with Gasteiger partial charge >= 0.3 is 0 Å². The molecule has 0 aromatic rings. The number of aliphatic hydroxyl groups excluding tert-OH is 1. The Balaban J connectivity index is 3.58. The van der Waals surface area contributed by atoms with Gasteiger partial charge in [-0.25, -0.2) is 0 Å². The molecule has 0 fully saturated rings. The quantitative estimate of drug-likeness (QED) is 0.550. The molecule has 1 atom stereocenters. The molecule has 0 heterocycles. The summed E-state index contributed by atoms with van der Waals surface area (Å²) in [5.74, 6) is 0. The van der Waals surface area contributed by atoms with E-state index in [4.69, 9.17) is 5.11 Å². The lowest BCUT2D eigenvalue weighted by Crippen LogP contribution is -2.37. The topological polar surface area (TPSA) is 44.3 Å². The molecular weight excluding hydrogens is 176 g/mol. The zero-order valence-electron chi connectivity index (χ0n) is 10.1. The molecule has 0 saturated carbocycles. The van der Waals surface area contributed by atoms with Crippen molar-refractivity contribution in [1.82, 2.24) is 10.6 Å². The van der Waals surface area contributed by atoms with Crippen LogP contribution in [0.3, 0.4) is 0 Å². The van der Waals surface area contributed by atoms with E-state index in [-0.39, 0.29) is 12.0 Å². The van der Waals surface area contributed by atoms with Gasteiger partial charge in [-0.1, -0.05) is 13.8 Å². The van der Waals surface area contributed by atoms with E-state index in [2.05, 4.69) is 31.4 Å². The lowest BCUT2D eigenvalue weighted by atomic mass is 9.89. The molecule has 0 aromatic heterocycles. The fraction of sp³-hybridized carbons (Fsp3) is 1.00. The fourth-order valence-electron chi connectivity index (χ4n) is 1.30. The van der Waals surface area contributed by atoms with Crippen molar-refractivity contribution in [2.45, 2.75) is 39.7 Å². The molecule has 0 spiro atoms. The van der Waals surface area contributed by atoms with E-state index in [1.165, 1.54) is 0 Å². The molecule has 0 aromatic carbocycles. The van der Waals surface area contributed by atoms with E-state index in [1.54, 1.807) is 0 Å². The van der Waals surface area contributed by atoms with Crippen LogP contribution in [0.2, 0.25) is 0 Å². The first-order valence-electron chi connectivity index (χ1n) is 5.50. The van der Waals surface area contributed by atoms with Crippen LogP contribution in [-0.2, 0) is 0 Å². The highest BCUT2D eigenvalue weighted by Crippen LogP contribution is 2.18. The van der Waals surface area contributed by atoms with Crippen LogP contribution >= 0.6 is 0 Å². The maximum absolute atomic E-state index is 8.87. The predicted octanol–water partition coefficient (Wildman–Crippen LogP) is 0.983. The van der Waals surface area contributed by atoms with Gasteiger partial charge in [0.2, 0.25) is 0 Å². The summed E-state index contributed by atoms with van der Waals surface area (Å²) in [6, 6.07) is 0.542. The molecule has 0 saturated heterocycles. The second-order valence-corrected chi connectivity index (χ2v) is 4.81. The molecule has 0 bridgehead atoms. The SMILES string of the molecule is CNCCC(C)NCC(C)(C)CCO. The highest BCUT2D eigenvalue weighted by Gasteiger charge is 2.17. The van der Waals surface area contributed by atoms with Crippen molar-refractivity contribution in [3.8, 4) is 0 Å². The van der Waals surface area contributed by atoms with Crippen LogP contribution in [0, 0.1) is 5.41 Å². The summed E-state index contributed by atoms with van der Waals surface area (Å²) in [6.07, 6.45) is 2.00. The van der Waals surface area contributed by atoms with E-state index >= 15 is 0 Å². The molecule has 0 aliphatic heterocycles. The Labute approximate surface area is 88.3 Å². The summed E-state index contributed by atoms with van der Waals surface area (Å²) in [5.41, 5.74) is 0.197. The molecule has 3 heteroatoms. The van der Waals surface area contributed by atoms with Crippen LogP contribution in [0.4, 0.5) is 0 Å². The Hall–Kier alpha value is -0.120. The van der Waals surface area contributed by atoms with Crippen molar-refractivity contribution < 1.29 is 5.11 Å². The third-order valence-electron chi connectivity index (χ3n) is 2.55. The average molecular weight is 202 g/mol. The minimum Gasteiger partial charge on any atom is -0.396 e. The van der Waals surface area contributed by atoms with E-state index in [1.807, 2.05) is 7.05 Å². The van der Waals surface area contributed by atoms with Crippen molar-refractivity contribution in [3.05, 3.63) is 0 Å². The molecule has 14 heavy (non-hydrogen) atoms. The maximum atomic E-state index is 8.87. The zero-order chi connectivity index (χ0) is 11.0. The standard InChI is InChI=1S/C11H26N2O/c1-10(5-7-12-4)13-9-11(2,3)6-8-14/h10,12-14H,5-9H2,1-4H3. The van der Waals surface area contributed by atoms with Crippen LogP contribution in [0.15, 0.2) is 0 Å². The van der Waals surface area contributed by atoms with E-state index in [9.17, 15) is 0 Å². The third-order valence-corrected chi connectivity index (χ3v) is 2.55. The number of nitrogens with one attached hydrogen (secondary N) is 2. The number of hydrogen-bond donors (Lipinski definition) is 3. The number of aliphatic hydroxyl groups is 1. The van der Waals surface area contributed by atoms with Gasteiger partial charge in [0.1, 0.15) is 0 Å². The molecule has 3 N–H and O–H groups in total. The minimum atomic E-state index is 0.197. The highest BCUT2D eigenvalue weighted by atomic mass is 16.3. The second-order valence-electron chi connectivity index (χ2n) is 4.81. The van der Waals surface area contributed by atoms with Gasteiger partial charge in [-0.05, 0) is 38.8 Å². The molecule has 1 unspecified atom stereocenters. The van der Waals surface area contributed by atoms with Gasteiger partial charge in [-0.3, -0.25) is 0 Å². The van der Waals surface area contributed by atoms with Gasteiger partial charge < -0.3 is 15.7 Å². The number of rotatable bonds is 8. The number of hydrogen-bond acceptors (Lipinski definition) is 3. The smallest absolute Gasteiger partial charge is 0.0436 e. The largest absolute Gasteiger partial charge is 0.396 e. The first-order valence-corrected chi connectivity index (χ1v) is 5.50. The first-order chi connectivity index (χ1) is 6.52. The lowest BCUT2D eigenvalue weighted by molar-refractivity contribution is 0.203. The molecule has 86 valence electrons. The highest BCUT2D eigenvalue weighted by molar-refractivity contribution is 4.73.